The van der Waals surface area contributed by atoms with Crippen molar-refractivity contribution in [2.75, 3.05) is 53.2 Å². The van der Waals surface area contributed by atoms with E-state index in [0.717, 1.165) is 34.6 Å². The van der Waals surface area contributed by atoms with Crippen LogP contribution >= 0.6 is 0 Å². The highest BCUT2D eigenvalue weighted by atomic mass is 32.2. The monoisotopic (exact) mass is 669 g/mol. The van der Waals surface area contributed by atoms with Gasteiger partial charge in [0.15, 0.2) is 0 Å². The van der Waals surface area contributed by atoms with E-state index in [0.29, 0.717) is 39.3 Å². The molecule has 1 heterocycles. The minimum absolute atomic E-state index is 0.0326. The number of rotatable bonds is 15. The van der Waals surface area contributed by atoms with Gasteiger partial charge in [-0.2, -0.15) is 8.42 Å². The van der Waals surface area contributed by atoms with Crippen molar-refractivity contribution in [2.45, 2.75) is 63.1 Å². The fourth-order valence-electron chi connectivity index (χ4n) is 5.30. The van der Waals surface area contributed by atoms with E-state index in [1.807, 2.05) is 76.2 Å². The predicted octanol–water partition coefficient (Wildman–Crippen LogP) is 6.16. The third-order valence-corrected chi connectivity index (χ3v) is 9.01. The van der Waals surface area contributed by atoms with Gasteiger partial charge in [-0.25, -0.2) is 4.79 Å². The average molecular weight is 670 g/mol. The Balaban J connectivity index is 1.30. The van der Waals surface area contributed by atoms with Crippen molar-refractivity contribution in [3.63, 3.8) is 0 Å². The summed E-state index contributed by atoms with van der Waals surface area (Å²) in [4.78, 5) is 14.6. The molecule has 0 bridgehead atoms. The first-order valence-electron chi connectivity index (χ1n) is 15.9. The maximum Gasteiger partial charge on any atom is 0.410 e. The molecule has 2 atom stereocenters. The second-order valence-electron chi connectivity index (χ2n) is 12.4. The number of aryl methyl sites for hydroxylation is 1. The standard InChI is InChI=1S/C36H47NO9S/c1-27-10-16-31(17-11-27)47(39,40)45-25-24-44-34-26-37(35(38)46-36(2,3)4)20-18-32(34)28-12-14-30(15-13-28)43-23-22-42-21-19-29-8-6-7-9-33(29)41-5/h6-17,32,34H,18-26H2,1-5H3. The van der Waals surface area contributed by atoms with Gasteiger partial charge >= 0.3 is 6.09 Å². The lowest BCUT2D eigenvalue weighted by molar-refractivity contribution is -0.0354. The number of hydrogen-bond acceptors (Lipinski definition) is 9. The number of benzene rings is 3. The summed E-state index contributed by atoms with van der Waals surface area (Å²) in [7, 11) is -2.25. The van der Waals surface area contributed by atoms with E-state index >= 15 is 0 Å². The maximum absolute atomic E-state index is 12.9. The normalized spacial score (nSPS) is 16.9. The van der Waals surface area contributed by atoms with Crippen molar-refractivity contribution in [2.24, 2.45) is 0 Å². The zero-order valence-corrected chi connectivity index (χ0v) is 28.8. The Labute approximate surface area is 279 Å². The molecule has 2 unspecified atom stereocenters. The van der Waals surface area contributed by atoms with E-state index in [4.69, 9.17) is 27.9 Å². The Kier molecular flexibility index (Phi) is 13.1. The number of piperidine rings is 1. The summed E-state index contributed by atoms with van der Waals surface area (Å²) in [5.41, 5.74) is 2.46. The quantitative estimate of drug-likeness (QED) is 0.139. The second-order valence-corrected chi connectivity index (χ2v) is 14.0. The van der Waals surface area contributed by atoms with Crippen LogP contribution in [-0.4, -0.2) is 84.3 Å². The molecule has 47 heavy (non-hydrogen) atoms. The molecule has 4 rings (SSSR count). The van der Waals surface area contributed by atoms with E-state index in [2.05, 4.69) is 0 Å². The number of ether oxygens (including phenoxy) is 5. The smallest absolute Gasteiger partial charge is 0.410 e. The van der Waals surface area contributed by atoms with Crippen molar-refractivity contribution >= 4 is 16.2 Å². The molecule has 0 aliphatic carbocycles. The van der Waals surface area contributed by atoms with Crippen molar-refractivity contribution in [3.8, 4) is 11.5 Å². The zero-order chi connectivity index (χ0) is 33.9. The van der Waals surface area contributed by atoms with Crippen LogP contribution in [0.5, 0.6) is 11.5 Å². The molecule has 0 N–H and O–H groups in total. The first-order chi connectivity index (χ1) is 22.4. The van der Waals surface area contributed by atoms with Gasteiger partial charge in [0, 0.05) is 12.5 Å². The van der Waals surface area contributed by atoms with Gasteiger partial charge in [0.25, 0.3) is 10.1 Å². The van der Waals surface area contributed by atoms with Crippen LogP contribution in [0.15, 0.2) is 77.7 Å². The van der Waals surface area contributed by atoms with Gasteiger partial charge < -0.3 is 28.6 Å². The fourth-order valence-corrected chi connectivity index (χ4v) is 6.19. The lowest BCUT2D eigenvalue weighted by Gasteiger charge is -2.39. The number of hydrogen-bond donors (Lipinski definition) is 0. The molecule has 1 aliphatic heterocycles. The Morgan fingerprint density at radius 1 is 0.894 bits per heavy atom. The number of para-hydroxylation sites is 1. The highest BCUT2D eigenvalue weighted by Crippen LogP contribution is 2.32. The van der Waals surface area contributed by atoms with Crippen molar-refractivity contribution in [1.29, 1.82) is 0 Å². The Bertz CT molecular complexity index is 1520. The predicted molar refractivity (Wildman–Crippen MR) is 179 cm³/mol. The van der Waals surface area contributed by atoms with Gasteiger partial charge in [-0.3, -0.25) is 4.18 Å². The van der Waals surface area contributed by atoms with Gasteiger partial charge in [0.1, 0.15) is 23.7 Å². The molecule has 0 saturated carbocycles. The fraction of sp³-hybridized carbons (Fsp3) is 0.472. The lowest BCUT2D eigenvalue weighted by Crippen LogP contribution is -2.48. The van der Waals surface area contributed by atoms with Gasteiger partial charge in [-0.15, -0.1) is 0 Å². The van der Waals surface area contributed by atoms with Crippen LogP contribution in [-0.2, 0) is 34.9 Å². The van der Waals surface area contributed by atoms with Gasteiger partial charge in [0.05, 0.1) is 51.1 Å². The molecule has 1 aliphatic rings. The SMILES string of the molecule is COc1ccccc1CCOCCOc1ccc(C2CCN(C(=O)OC(C)(C)C)CC2OCCOS(=O)(=O)c2ccc(C)cc2)cc1. The minimum Gasteiger partial charge on any atom is -0.496 e. The van der Waals surface area contributed by atoms with E-state index in [1.165, 1.54) is 12.1 Å². The molecule has 3 aromatic rings. The summed E-state index contributed by atoms with van der Waals surface area (Å²) in [6.07, 6.45) is 0.595. The van der Waals surface area contributed by atoms with Crippen LogP contribution in [0.2, 0.25) is 0 Å². The van der Waals surface area contributed by atoms with Crippen LogP contribution < -0.4 is 9.47 Å². The zero-order valence-electron chi connectivity index (χ0n) is 28.0. The molecule has 3 aromatic carbocycles. The molecule has 0 aromatic heterocycles. The van der Waals surface area contributed by atoms with Crippen LogP contribution in [0.25, 0.3) is 0 Å². The minimum atomic E-state index is -3.92. The number of methoxy groups -OCH3 is 1. The van der Waals surface area contributed by atoms with Crippen LogP contribution in [0.1, 0.15) is 49.8 Å². The summed E-state index contributed by atoms with van der Waals surface area (Å²) in [6.45, 7) is 9.49. The molecule has 1 amide bonds. The number of carbonyl (C=O) groups excluding carboxylic acids is 1. The highest BCUT2D eigenvalue weighted by Gasteiger charge is 2.35. The number of likely N-dealkylation sites (tertiary alicyclic amines) is 1. The third kappa shape index (κ3) is 11.2. The maximum atomic E-state index is 12.9. The molecular formula is C36H47NO9S. The molecule has 1 saturated heterocycles. The molecule has 0 radical (unpaired) electrons. The summed E-state index contributed by atoms with van der Waals surface area (Å²) in [5.74, 6) is 1.55. The Morgan fingerprint density at radius 2 is 1.62 bits per heavy atom. The molecule has 11 heteroatoms. The molecule has 256 valence electrons. The van der Waals surface area contributed by atoms with Gasteiger partial charge in [0.2, 0.25) is 0 Å². The molecular weight excluding hydrogens is 622 g/mol. The number of amides is 1. The van der Waals surface area contributed by atoms with Gasteiger partial charge in [-0.1, -0.05) is 48.0 Å². The average Bonchev–Trinajstić information content (AvgIpc) is 3.04. The number of nitrogens with zero attached hydrogens (tertiary/aromatic N) is 1. The topological polar surface area (TPSA) is 110 Å². The van der Waals surface area contributed by atoms with Crippen molar-refractivity contribution in [1.82, 2.24) is 4.90 Å². The second kappa shape index (κ2) is 17.0. The molecule has 1 fully saturated rings. The van der Waals surface area contributed by atoms with Crippen molar-refractivity contribution in [3.05, 3.63) is 89.5 Å². The third-order valence-electron chi connectivity index (χ3n) is 7.69. The van der Waals surface area contributed by atoms with Crippen LogP contribution in [0, 0.1) is 6.92 Å². The lowest BCUT2D eigenvalue weighted by atomic mass is 9.87. The largest absolute Gasteiger partial charge is 0.496 e. The van der Waals surface area contributed by atoms with E-state index in [1.54, 1.807) is 24.1 Å². The van der Waals surface area contributed by atoms with Crippen LogP contribution in [0.4, 0.5) is 4.79 Å². The van der Waals surface area contributed by atoms with E-state index < -0.39 is 27.9 Å². The summed E-state index contributed by atoms with van der Waals surface area (Å²) in [5, 5.41) is 0. The molecule has 0 spiro atoms. The Hall–Kier alpha value is -3.64. The van der Waals surface area contributed by atoms with Crippen molar-refractivity contribution < 1.29 is 41.1 Å². The highest BCUT2D eigenvalue weighted by molar-refractivity contribution is 7.86. The first kappa shape index (κ1) is 36.2. The molecule has 10 nitrogen and oxygen atoms in total. The summed E-state index contributed by atoms with van der Waals surface area (Å²) < 4.78 is 59.3. The number of carbonyl (C=O) groups is 1. The van der Waals surface area contributed by atoms with Crippen LogP contribution in [0.3, 0.4) is 0 Å². The van der Waals surface area contributed by atoms with Gasteiger partial charge in [-0.05, 0) is 82.0 Å². The Morgan fingerprint density at radius 3 is 2.32 bits per heavy atom. The first-order valence-corrected chi connectivity index (χ1v) is 17.3. The van der Waals surface area contributed by atoms with E-state index in [9.17, 15) is 13.2 Å². The summed E-state index contributed by atoms with van der Waals surface area (Å²) in [6, 6.07) is 22.2. The summed E-state index contributed by atoms with van der Waals surface area (Å²) >= 11 is 0. The van der Waals surface area contributed by atoms with E-state index in [-0.39, 0.29) is 24.0 Å².